The van der Waals surface area contributed by atoms with Gasteiger partial charge in [-0.25, -0.2) is 10.3 Å². The van der Waals surface area contributed by atoms with Crippen LogP contribution in [-0.4, -0.2) is 23.6 Å². The number of hydroxylamine groups is 1. The maximum absolute atomic E-state index is 11.5. The van der Waals surface area contributed by atoms with Crippen LogP contribution in [0.1, 0.15) is 39.5 Å². The number of carbonyl (C=O) groups is 2. The second-order valence-corrected chi connectivity index (χ2v) is 3.42. The van der Waals surface area contributed by atoms with Crippen LogP contribution in [0, 0.1) is 5.92 Å². The first kappa shape index (κ1) is 13.9. The number of rotatable bonds is 8. The smallest absolute Gasteiger partial charge is 0.332 e. The third-order valence-corrected chi connectivity index (χ3v) is 2.01. The van der Waals surface area contributed by atoms with Crippen LogP contribution in [0.25, 0.3) is 0 Å². The van der Waals surface area contributed by atoms with Crippen molar-refractivity contribution in [2.45, 2.75) is 39.5 Å². The van der Waals surface area contributed by atoms with Gasteiger partial charge in [-0.05, 0) is 12.8 Å². The number of aliphatic carboxylic acids is 1. The first-order valence-corrected chi connectivity index (χ1v) is 5.25. The zero-order chi connectivity index (χ0) is 11.7. The summed E-state index contributed by atoms with van der Waals surface area (Å²) in [6, 6.07) is 0. The minimum absolute atomic E-state index is 0.0752. The van der Waals surface area contributed by atoms with E-state index >= 15 is 0 Å². The Morgan fingerprint density at radius 2 is 1.80 bits per heavy atom. The van der Waals surface area contributed by atoms with Crippen LogP contribution in [0.5, 0.6) is 0 Å². The second-order valence-electron chi connectivity index (χ2n) is 3.42. The van der Waals surface area contributed by atoms with E-state index in [1.54, 1.807) is 0 Å². The average molecular weight is 217 g/mol. The standard InChI is InChI=1S/C10H19NO4/c1-3-5-8(6-4-2)10(14)11-15-7-9(12)13/h8H,3-7H2,1-2H3,(H,11,14)(H,12,13). The summed E-state index contributed by atoms with van der Waals surface area (Å²) >= 11 is 0. The highest BCUT2D eigenvalue weighted by molar-refractivity contribution is 5.77. The molecule has 1 amide bonds. The molecule has 0 aromatic carbocycles. The molecule has 0 saturated carbocycles. The van der Waals surface area contributed by atoms with Crippen LogP contribution in [0.4, 0.5) is 0 Å². The average Bonchev–Trinajstić information content (AvgIpc) is 2.16. The van der Waals surface area contributed by atoms with Gasteiger partial charge >= 0.3 is 5.97 Å². The lowest BCUT2D eigenvalue weighted by Gasteiger charge is -2.14. The Bertz CT molecular complexity index is 200. The Balaban J connectivity index is 3.85. The van der Waals surface area contributed by atoms with Crippen molar-refractivity contribution in [3.05, 3.63) is 0 Å². The van der Waals surface area contributed by atoms with E-state index in [9.17, 15) is 9.59 Å². The number of carboxylic acid groups (broad SMARTS) is 1. The predicted molar refractivity (Wildman–Crippen MR) is 55.0 cm³/mol. The molecule has 0 unspecified atom stereocenters. The van der Waals surface area contributed by atoms with Crippen LogP contribution >= 0.6 is 0 Å². The zero-order valence-electron chi connectivity index (χ0n) is 9.28. The van der Waals surface area contributed by atoms with Gasteiger partial charge in [-0.15, -0.1) is 0 Å². The van der Waals surface area contributed by atoms with Gasteiger partial charge in [0.2, 0.25) is 5.91 Å². The largest absolute Gasteiger partial charge is 0.479 e. The Morgan fingerprint density at radius 3 is 2.20 bits per heavy atom. The summed E-state index contributed by atoms with van der Waals surface area (Å²) in [5.41, 5.74) is 2.16. The van der Waals surface area contributed by atoms with Crippen molar-refractivity contribution in [2.75, 3.05) is 6.61 Å². The van der Waals surface area contributed by atoms with Crippen LogP contribution in [0.2, 0.25) is 0 Å². The minimum atomic E-state index is -1.10. The SMILES string of the molecule is CCCC(CCC)C(=O)NOCC(=O)O. The topological polar surface area (TPSA) is 75.6 Å². The predicted octanol–water partition coefficient (Wildman–Crippen LogP) is 1.34. The summed E-state index contributed by atoms with van der Waals surface area (Å²) in [5, 5.41) is 8.30. The molecule has 0 fully saturated rings. The molecular weight excluding hydrogens is 198 g/mol. The van der Waals surface area contributed by atoms with Crippen molar-refractivity contribution < 1.29 is 19.5 Å². The van der Waals surface area contributed by atoms with Gasteiger partial charge in [-0.1, -0.05) is 26.7 Å². The minimum Gasteiger partial charge on any atom is -0.479 e. The van der Waals surface area contributed by atoms with E-state index in [4.69, 9.17) is 5.11 Å². The Kier molecular flexibility index (Phi) is 7.62. The molecule has 0 spiro atoms. The lowest BCUT2D eigenvalue weighted by atomic mass is 9.98. The van der Waals surface area contributed by atoms with E-state index in [0.29, 0.717) is 0 Å². The number of carboxylic acids is 1. The van der Waals surface area contributed by atoms with Crippen LogP contribution in [0.3, 0.4) is 0 Å². The van der Waals surface area contributed by atoms with E-state index in [1.165, 1.54) is 0 Å². The van der Waals surface area contributed by atoms with Gasteiger partial charge in [0.25, 0.3) is 0 Å². The van der Waals surface area contributed by atoms with E-state index in [1.807, 2.05) is 13.8 Å². The van der Waals surface area contributed by atoms with Crippen molar-refractivity contribution in [1.82, 2.24) is 5.48 Å². The Hall–Kier alpha value is -1.10. The van der Waals surface area contributed by atoms with Crippen LogP contribution in [-0.2, 0) is 14.4 Å². The molecular formula is C10H19NO4. The number of hydrogen-bond acceptors (Lipinski definition) is 3. The first-order valence-electron chi connectivity index (χ1n) is 5.25. The van der Waals surface area contributed by atoms with Gasteiger partial charge in [0, 0.05) is 5.92 Å². The summed E-state index contributed by atoms with van der Waals surface area (Å²) in [6.07, 6.45) is 3.46. The van der Waals surface area contributed by atoms with Gasteiger partial charge in [0.05, 0.1) is 0 Å². The summed E-state index contributed by atoms with van der Waals surface area (Å²) in [7, 11) is 0. The molecule has 5 nitrogen and oxygen atoms in total. The molecule has 0 aliphatic rings. The van der Waals surface area contributed by atoms with Gasteiger partial charge in [0.15, 0.2) is 6.61 Å². The summed E-state index contributed by atoms with van der Waals surface area (Å²) in [4.78, 5) is 26.1. The maximum Gasteiger partial charge on any atom is 0.332 e. The third-order valence-electron chi connectivity index (χ3n) is 2.01. The summed E-state index contributed by atoms with van der Waals surface area (Å²) < 4.78 is 0. The van der Waals surface area contributed by atoms with Crippen LogP contribution < -0.4 is 5.48 Å². The number of nitrogens with one attached hydrogen (secondary N) is 1. The third kappa shape index (κ3) is 6.90. The molecule has 0 heterocycles. The first-order chi connectivity index (χ1) is 7.11. The molecule has 5 heteroatoms. The molecule has 2 N–H and O–H groups in total. The van der Waals surface area contributed by atoms with Crippen molar-refractivity contribution in [1.29, 1.82) is 0 Å². The monoisotopic (exact) mass is 217 g/mol. The summed E-state index contributed by atoms with van der Waals surface area (Å²) in [6.45, 7) is 3.51. The van der Waals surface area contributed by atoms with E-state index < -0.39 is 12.6 Å². The van der Waals surface area contributed by atoms with Gasteiger partial charge in [-0.3, -0.25) is 9.63 Å². The number of hydrogen-bond donors (Lipinski definition) is 2. The second kappa shape index (κ2) is 8.23. The Labute approximate surface area is 89.8 Å². The fraction of sp³-hybridized carbons (Fsp3) is 0.800. The van der Waals surface area contributed by atoms with Crippen LogP contribution in [0.15, 0.2) is 0 Å². The van der Waals surface area contributed by atoms with Gasteiger partial charge in [0.1, 0.15) is 0 Å². The molecule has 0 rings (SSSR count). The summed E-state index contributed by atoms with van der Waals surface area (Å²) in [5.74, 6) is -1.40. The van der Waals surface area contributed by atoms with Crippen molar-refractivity contribution in [3.8, 4) is 0 Å². The Morgan fingerprint density at radius 1 is 1.27 bits per heavy atom. The molecule has 0 aliphatic carbocycles. The normalized spacial score (nSPS) is 10.3. The molecule has 0 aromatic heterocycles. The molecule has 15 heavy (non-hydrogen) atoms. The molecule has 0 saturated heterocycles. The maximum atomic E-state index is 11.5. The lowest BCUT2D eigenvalue weighted by molar-refractivity contribution is -0.150. The molecule has 0 atom stereocenters. The highest BCUT2D eigenvalue weighted by Gasteiger charge is 2.16. The van der Waals surface area contributed by atoms with E-state index in [0.717, 1.165) is 25.7 Å². The fourth-order valence-corrected chi connectivity index (χ4v) is 1.36. The molecule has 0 radical (unpaired) electrons. The lowest BCUT2D eigenvalue weighted by Crippen LogP contribution is -2.32. The molecule has 0 aliphatic heterocycles. The van der Waals surface area contributed by atoms with Gasteiger partial charge < -0.3 is 5.11 Å². The molecule has 0 bridgehead atoms. The molecule has 88 valence electrons. The highest BCUT2D eigenvalue weighted by Crippen LogP contribution is 2.13. The number of amides is 1. The van der Waals surface area contributed by atoms with Gasteiger partial charge in [-0.2, -0.15) is 0 Å². The number of carbonyl (C=O) groups excluding carboxylic acids is 1. The van der Waals surface area contributed by atoms with Crippen molar-refractivity contribution >= 4 is 11.9 Å². The fourth-order valence-electron chi connectivity index (χ4n) is 1.36. The van der Waals surface area contributed by atoms with E-state index in [2.05, 4.69) is 10.3 Å². The molecule has 0 aromatic rings. The van der Waals surface area contributed by atoms with Crippen molar-refractivity contribution in [3.63, 3.8) is 0 Å². The quantitative estimate of drug-likeness (QED) is 0.601. The zero-order valence-corrected chi connectivity index (χ0v) is 9.28. The van der Waals surface area contributed by atoms with Crippen molar-refractivity contribution in [2.24, 2.45) is 5.92 Å². The highest BCUT2D eigenvalue weighted by atomic mass is 16.7. The van der Waals surface area contributed by atoms with E-state index in [-0.39, 0.29) is 11.8 Å².